The van der Waals surface area contributed by atoms with Gasteiger partial charge in [-0.2, -0.15) is 5.26 Å². The number of nitrogens with zero attached hydrogens (tertiary/aromatic N) is 2. The van der Waals surface area contributed by atoms with Gasteiger partial charge in [-0.1, -0.05) is 35.0 Å². The van der Waals surface area contributed by atoms with Crippen LogP contribution in [0.1, 0.15) is 24.5 Å². The number of rotatable bonds is 3. The van der Waals surface area contributed by atoms with Gasteiger partial charge in [-0.15, -0.1) is 0 Å². The van der Waals surface area contributed by atoms with Gasteiger partial charge < -0.3 is 10.2 Å². The van der Waals surface area contributed by atoms with Crippen LogP contribution < -0.4 is 5.32 Å². The number of carbonyl (C=O) groups is 1. The number of oxime groups is 1. The number of nitriles is 1. The van der Waals surface area contributed by atoms with Crippen molar-refractivity contribution in [3.05, 3.63) is 64.7 Å². The SMILES string of the molecule is C[C@@]1(C(=O)Nc2ccc(C#N)cc2)CC(c2ccccc2Cl)=NO1. The van der Waals surface area contributed by atoms with Gasteiger partial charge in [0.2, 0.25) is 5.60 Å². The number of hydrogen-bond donors (Lipinski definition) is 1. The first-order valence-corrected chi connectivity index (χ1v) is 7.71. The molecule has 1 aliphatic heterocycles. The summed E-state index contributed by atoms with van der Waals surface area (Å²) in [6.07, 6.45) is 0.318. The van der Waals surface area contributed by atoms with E-state index in [-0.39, 0.29) is 5.91 Å². The lowest BCUT2D eigenvalue weighted by atomic mass is 9.95. The summed E-state index contributed by atoms with van der Waals surface area (Å²) in [5, 5.41) is 16.2. The van der Waals surface area contributed by atoms with Crippen molar-refractivity contribution >= 4 is 28.9 Å². The molecule has 0 fully saturated rings. The van der Waals surface area contributed by atoms with Gasteiger partial charge in [0.05, 0.1) is 17.3 Å². The first-order valence-electron chi connectivity index (χ1n) is 7.33. The molecule has 6 heteroatoms. The maximum atomic E-state index is 12.5. The number of hydrogen-bond acceptors (Lipinski definition) is 4. The van der Waals surface area contributed by atoms with Crippen LogP contribution in [0.2, 0.25) is 5.02 Å². The molecule has 0 unspecified atom stereocenters. The molecule has 0 bridgehead atoms. The number of nitrogens with one attached hydrogen (secondary N) is 1. The predicted octanol–water partition coefficient (Wildman–Crippen LogP) is 3.73. The Bertz CT molecular complexity index is 855. The Morgan fingerprint density at radius 1 is 1.29 bits per heavy atom. The van der Waals surface area contributed by atoms with Crippen molar-refractivity contribution in [3.63, 3.8) is 0 Å². The van der Waals surface area contributed by atoms with Crippen molar-refractivity contribution in [2.24, 2.45) is 5.16 Å². The third-order valence-corrected chi connectivity index (χ3v) is 4.13. The molecule has 0 aliphatic carbocycles. The summed E-state index contributed by atoms with van der Waals surface area (Å²) in [7, 11) is 0. The standard InChI is InChI=1S/C18H14ClN3O2/c1-18(17(23)21-13-8-6-12(11-20)7-9-13)10-16(22-24-18)14-4-2-3-5-15(14)19/h2-9H,10H2,1H3,(H,21,23)/t18-/m0/s1. The summed E-state index contributed by atoms with van der Waals surface area (Å²) in [5.41, 5.74) is 1.41. The Labute approximate surface area is 144 Å². The smallest absolute Gasteiger partial charge is 0.271 e. The summed E-state index contributed by atoms with van der Waals surface area (Å²) in [4.78, 5) is 18.0. The number of carbonyl (C=O) groups excluding carboxylic acids is 1. The second kappa shape index (κ2) is 6.34. The highest BCUT2D eigenvalue weighted by Crippen LogP contribution is 2.30. The first-order chi connectivity index (χ1) is 11.5. The fourth-order valence-corrected chi connectivity index (χ4v) is 2.64. The van der Waals surface area contributed by atoms with E-state index in [1.165, 1.54) is 0 Å². The van der Waals surface area contributed by atoms with E-state index in [1.54, 1.807) is 37.3 Å². The van der Waals surface area contributed by atoms with Gasteiger partial charge in [-0.25, -0.2) is 0 Å². The van der Waals surface area contributed by atoms with Gasteiger partial charge in [0.25, 0.3) is 5.91 Å². The Kier molecular flexibility index (Phi) is 4.24. The van der Waals surface area contributed by atoms with Crippen LogP contribution in [-0.4, -0.2) is 17.2 Å². The van der Waals surface area contributed by atoms with Crippen LogP contribution in [0.15, 0.2) is 53.7 Å². The van der Waals surface area contributed by atoms with Gasteiger partial charge in [-0.3, -0.25) is 4.79 Å². The number of halogens is 1. The van der Waals surface area contributed by atoms with Crippen molar-refractivity contribution in [1.29, 1.82) is 5.26 Å². The van der Waals surface area contributed by atoms with Crippen molar-refractivity contribution in [2.75, 3.05) is 5.32 Å². The maximum Gasteiger partial charge on any atom is 0.271 e. The fourth-order valence-electron chi connectivity index (χ4n) is 2.39. The normalized spacial score (nSPS) is 19.1. The zero-order chi connectivity index (χ0) is 17.2. The van der Waals surface area contributed by atoms with Gasteiger partial charge in [0.15, 0.2) is 0 Å². The zero-order valence-corrected chi connectivity index (χ0v) is 13.7. The van der Waals surface area contributed by atoms with E-state index in [2.05, 4.69) is 10.5 Å². The van der Waals surface area contributed by atoms with Crippen LogP contribution in [0.25, 0.3) is 0 Å². The maximum absolute atomic E-state index is 12.5. The predicted molar refractivity (Wildman–Crippen MR) is 91.9 cm³/mol. The molecule has 0 radical (unpaired) electrons. The van der Waals surface area contributed by atoms with Crippen LogP contribution in [0.5, 0.6) is 0 Å². The molecular formula is C18H14ClN3O2. The van der Waals surface area contributed by atoms with Gasteiger partial charge in [0, 0.05) is 22.7 Å². The van der Waals surface area contributed by atoms with Crippen molar-refractivity contribution in [2.45, 2.75) is 18.9 Å². The Hall–Kier alpha value is -2.84. The van der Waals surface area contributed by atoms with Crippen molar-refractivity contribution < 1.29 is 9.63 Å². The topological polar surface area (TPSA) is 74.5 Å². The molecule has 2 aromatic carbocycles. The minimum absolute atomic E-state index is 0.307. The van der Waals surface area contributed by atoms with Crippen LogP contribution >= 0.6 is 11.6 Å². The second-order valence-electron chi connectivity index (χ2n) is 5.66. The Balaban J connectivity index is 1.72. The molecule has 120 valence electrons. The molecule has 0 spiro atoms. The lowest BCUT2D eigenvalue weighted by Gasteiger charge is -2.20. The number of benzene rings is 2. The highest BCUT2D eigenvalue weighted by Gasteiger charge is 2.42. The minimum Gasteiger partial charge on any atom is -0.379 e. The van der Waals surface area contributed by atoms with Gasteiger partial charge in [-0.05, 0) is 37.3 Å². The van der Waals surface area contributed by atoms with Crippen LogP contribution in [-0.2, 0) is 9.63 Å². The molecular weight excluding hydrogens is 326 g/mol. The molecule has 24 heavy (non-hydrogen) atoms. The molecule has 1 heterocycles. The molecule has 1 amide bonds. The van der Waals surface area contributed by atoms with Crippen molar-refractivity contribution in [1.82, 2.24) is 0 Å². The van der Waals surface area contributed by atoms with E-state index >= 15 is 0 Å². The summed E-state index contributed by atoms with van der Waals surface area (Å²) in [5.74, 6) is -0.307. The third-order valence-electron chi connectivity index (χ3n) is 3.80. The highest BCUT2D eigenvalue weighted by molar-refractivity contribution is 6.34. The van der Waals surface area contributed by atoms with E-state index in [4.69, 9.17) is 21.7 Å². The molecule has 0 saturated carbocycles. The number of anilines is 1. The van der Waals surface area contributed by atoms with Crippen LogP contribution in [0.3, 0.4) is 0 Å². The van der Waals surface area contributed by atoms with E-state index in [0.29, 0.717) is 28.4 Å². The summed E-state index contributed by atoms with van der Waals surface area (Å²) in [6, 6.07) is 16.0. The lowest BCUT2D eigenvalue weighted by molar-refractivity contribution is -0.135. The van der Waals surface area contributed by atoms with Crippen LogP contribution in [0.4, 0.5) is 5.69 Å². The average molecular weight is 340 g/mol. The van der Waals surface area contributed by atoms with E-state index in [9.17, 15) is 4.79 Å². The van der Waals surface area contributed by atoms with Crippen LogP contribution in [0, 0.1) is 11.3 Å². The highest BCUT2D eigenvalue weighted by atomic mass is 35.5. The fraction of sp³-hybridized carbons (Fsp3) is 0.167. The van der Waals surface area contributed by atoms with Crippen molar-refractivity contribution in [3.8, 4) is 6.07 Å². The molecule has 1 aliphatic rings. The van der Waals surface area contributed by atoms with E-state index in [1.807, 2.05) is 24.3 Å². The lowest BCUT2D eigenvalue weighted by Crippen LogP contribution is -2.40. The Morgan fingerprint density at radius 3 is 2.67 bits per heavy atom. The summed E-state index contributed by atoms with van der Waals surface area (Å²) in [6.45, 7) is 1.68. The minimum atomic E-state index is -1.11. The molecule has 5 nitrogen and oxygen atoms in total. The molecule has 3 rings (SSSR count). The van der Waals surface area contributed by atoms with Gasteiger partial charge in [0.1, 0.15) is 0 Å². The third kappa shape index (κ3) is 3.10. The molecule has 1 atom stereocenters. The summed E-state index contributed by atoms with van der Waals surface area (Å²) >= 11 is 6.17. The van der Waals surface area contributed by atoms with E-state index in [0.717, 1.165) is 5.56 Å². The monoisotopic (exact) mass is 339 g/mol. The first kappa shape index (κ1) is 16.0. The quantitative estimate of drug-likeness (QED) is 0.925. The molecule has 0 aromatic heterocycles. The molecule has 2 aromatic rings. The molecule has 1 N–H and O–H groups in total. The van der Waals surface area contributed by atoms with Gasteiger partial charge >= 0.3 is 0 Å². The zero-order valence-electron chi connectivity index (χ0n) is 12.9. The molecule has 0 saturated heterocycles. The average Bonchev–Trinajstić information content (AvgIpc) is 2.99. The summed E-state index contributed by atoms with van der Waals surface area (Å²) < 4.78 is 0. The number of amides is 1. The Morgan fingerprint density at radius 2 is 2.00 bits per heavy atom. The second-order valence-corrected chi connectivity index (χ2v) is 6.07. The largest absolute Gasteiger partial charge is 0.379 e. The van der Waals surface area contributed by atoms with E-state index < -0.39 is 5.60 Å².